The Labute approximate surface area is 57.9 Å². The summed E-state index contributed by atoms with van der Waals surface area (Å²) < 4.78 is 4.64. The number of rotatable bonds is 1. The Balaban J connectivity index is 2.71. The van der Waals surface area contributed by atoms with Gasteiger partial charge in [-0.1, -0.05) is 0 Å². The number of ketones is 1. The van der Waals surface area contributed by atoms with Gasteiger partial charge in [0.1, 0.15) is 0 Å². The number of methoxy groups -OCH3 is 1. The van der Waals surface area contributed by atoms with Gasteiger partial charge >= 0.3 is 5.91 Å². The minimum Gasteiger partial charge on any atom is -0.357 e. The molecule has 1 aliphatic rings. The molecule has 0 saturated carbocycles. The lowest BCUT2D eigenvalue weighted by atomic mass is 10.4. The summed E-state index contributed by atoms with van der Waals surface area (Å²) in [5.74, 6) is -1.11. The minimum absolute atomic E-state index is 0.551. The molecule has 0 spiro atoms. The quantitative estimate of drug-likeness (QED) is 0.455. The van der Waals surface area contributed by atoms with E-state index in [1.807, 2.05) is 0 Å². The SMILES string of the molecule is COC1NN(C)C(=O)C1=O. The number of hydrazine groups is 1. The zero-order valence-electron chi connectivity index (χ0n) is 5.75. The largest absolute Gasteiger partial charge is 0.357 e. The molecule has 1 heterocycles. The average molecular weight is 144 g/mol. The van der Waals surface area contributed by atoms with E-state index in [0.717, 1.165) is 5.01 Å². The van der Waals surface area contributed by atoms with E-state index in [0.29, 0.717) is 0 Å². The zero-order chi connectivity index (χ0) is 7.72. The van der Waals surface area contributed by atoms with Gasteiger partial charge in [-0.3, -0.25) is 14.6 Å². The molecule has 1 atom stereocenters. The highest BCUT2D eigenvalue weighted by Gasteiger charge is 2.36. The van der Waals surface area contributed by atoms with Gasteiger partial charge in [-0.25, -0.2) is 0 Å². The summed E-state index contributed by atoms with van der Waals surface area (Å²) in [5.41, 5.74) is 2.52. The topological polar surface area (TPSA) is 58.6 Å². The Kier molecular flexibility index (Phi) is 1.69. The summed E-state index contributed by atoms with van der Waals surface area (Å²) in [6, 6.07) is 0. The van der Waals surface area contributed by atoms with Crippen molar-refractivity contribution in [3.05, 3.63) is 0 Å². The molecule has 0 aromatic heterocycles. The lowest BCUT2D eigenvalue weighted by Crippen LogP contribution is -2.35. The summed E-state index contributed by atoms with van der Waals surface area (Å²) in [6.45, 7) is 0. The molecule has 10 heavy (non-hydrogen) atoms. The molecular weight excluding hydrogens is 136 g/mol. The first-order valence-corrected chi connectivity index (χ1v) is 2.77. The van der Waals surface area contributed by atoms with E-state index < -0.39 is 17.9 Å². The summed E-state index contributed by atoms with van der Waals surface area (Å²) in [6.07, 6.45) is -0.794. The van der Waals surface area contributed by atoms with E-state index >= 15 is 0 Å². The van der Waals surface area contributed by atoms with Crippen molar-refractivity contribution >= 4 is 11.7 Å². The van der Waals surface area contributed by atoms with E-state index in [1.165, 1.54) is 14.2 Å². The second-order valence-electron chi connectivity index (χ2n) is 1.97. The average Bonchev–Trinajstić information content (AvgIpc) is 2.17. The number of likely N-dealkylation sites (N-methyl/N-ethyl adjacent to an activating group) is 1. The maximum absolute atomic E-state index is 10.8. The second-order valence-corrected chi connectivity index (χ2v) is 1.97. The molecule has 1 saturated heterocycles. The van der Waals surface area contributed by atoms with E-state index in [4.69, 9.17) is 0 Å². The van der Waals surface area contributed by atoms with Crippen molar-refractivity contribution in [1.82, 2.24) is 10.4 Å². The van der Waals surface area contributed by atoms with Gasteiger partial charge in [-0.2, -0.15) is 5.43 Å². The smallest absolute Gasteiger partial charge is 0.308 e. The first kappa shape index (κ1) is 7.17. The Morgan fingerprint density at radius 1 is 1.60 bits per heavy atom. The fourth-order valence-corrected chi connectivity index (χ4v) is 0.730. The van der Waals surface area contributed by atoms with Crippen LogP contribution >= 0.6 is 0 Å². The normalized spacial score (nSPS) is 26.2. The fourth-order valence-electron chi connectivity index (χ4n) is 0.730. The van der Waals surface area contributed by atoms with E-state index in [-0.39, 0.29) is 0 Å². The van der Waals surface area contributed by atoms with Gasteiger partial charge in [0.15, 0.2) is 6.23 Å². The summed E-state index contributed by atoms with van der Waals surface area (Å²) in [7, 11) is 2.83. The lowest BCUT2D eigenvalue weighted by molar-refractivity contribution is -0.141. The molecule has 1 fully saturated rings. The summed E-state index contributed by atoms with van der Waals surface area (Å²) >= 11 is 0. The first-order valence-electron chi connectivity index (χ1n) is 2.77. The van der Waals surface area contributed by atoms with Crippen LogP contribution in [0.3, 0.4) is 0 Å². The van der Waals surface area contributed by atoms with Crippen LogP contribution in [0.15, 0.2) is 0 Å². The molecule has 1 rings (SSSR count). The van der Waals surface area contributed by atoms with Crippen LogP contribution in [0.5, 0.6) is 0 Å². The number of carbonyl (C=O) groups is 2. The molecule has 0 aromatic rings. The van der Waals surface area contributed by atoms with E-state index in [1.54, 1.807) is 0 Å². The van der Waals surface area contributed by atoms with Crippen molar-refractivity contribution in [3.8, 4) is 0 Å². The van der Waals surface area contributed by atoms with Crippen molar-refractivity contribution in [3.63, 3.8) is 0 Å². The number of carbonyl (C=O) groups excluding carboxylic acids is 2. The predicted molar refractivity (Wildman–Crippen MR) is 31.7 cm³/mol. The highest BCUT2D eigenvalue weighted by atomic mass is 16.5. The van der Waals surface area contributed by atoms with Crippen molar-refractivity contribution in [1.29, 1.82) is 0 Å². The van der Waals surface area contributed by atoms with Gasteiger partial charge < -0.3 is 4.74 Å². The molecule has 5 nitrogen and oxygen atoms in total. The highest BCUT2D eigenvalue weighted by Crippen LogP contribution is 2.00. The number of Topliss-reactive ketones (excluding diaryl/α,β-unsaturated/α-hetero) is 1. The molecule has 1 unspecified atom stereocenters. The first-order chi connectivity index (χ1) is 4.66. The Morgan fingerprint density at radius 3 is 2.40 bits per heavy atom. The number of ether oxygens (including phenoxy) is 1. The molecule has 1 N–H and O–H groups in total. The molecule has 5 heteroatoms. The van der Waals surface area contributed by atoms with Gasteiger partial charge in [-0.15, -0.1) is 0 Å². The monoisotopic (exact) mass is 144 g/mol. The predicted octanol–water partition coefficient (Wildman–Crippen LogP) is -1.50. The molecule has 0 aromatic carbocycles. The standard InChI is InChI=1S/C5H8N2O3/c1-7-5(9)3(8)4(6-7)10-2/h4,6H,1-2H3. The third-order valence-electron chi connectivity index (χ3n) is 1.30. The van der Waals surface area contributed by atoms with Gasteiger partial charge in [-0.05, 0) is 0 Å². The van der Waals surface area contributed by atoms with Crippen LogP contribution in [-0.2, 0) is 14.3 Å². The van der Waals surface area contributed by atoms with Gasteiger partial charge in [0.25, 0.3) is 5.78 Å². The van der Waals surface area contributed by atoms with E-state index in [2.05, 4.69) is 10.2 Å². The minimum atomic E-state index is -0.794. The van der Waals surface area contributed by atoms with Crippen molar-refractivity contribution < 1.29 is 14.3 Å². The van der Waals surface area contributed by atoms with Gasteiger partial charge in [0.05, 0.1) is 0 Å². The Hall–Kier alpha value is -0.940. The van der Waals surface area contributed by atoms with Crippen LogP contribution in [0.4, 0.5) is 0 Å². The highest BCUT2D eigenvalue weighted by molar-refractivity contribution is 6.39. The maximum Gasteiger partial charge on any atom is 0.308 e. The second kappa shape index (κ2) is 2.36. The molecule has 0 aliphatic carbocycles. The number of nitrogens with one attached hydrogen (secondary N) is 1. The lowest BCUT2D eigenvalue weighted by Gasteiger charge is -2.07. The van der Waals surface area contributed by atoms with Crippen LogP contribution < -0.4 is 5.43 Å². The molecular formula is C5H8N2O3. The molecule has 56 valence electrons. The van der Waals surface area contributed by atoms with Gasteiger partial charge in [0, 0.05) is 14.2 Å². The van der Waals surface area contributed by atoms with Crippen LogP contribution in [0.2, 0.25) is 0 Å². The number of hydrogen-bond donors (Lipinski definition) is 1. The van der Waals surface area contributed by atoms with Crippen molar-refractivity contribution in [2.24, 2.45) is 0 Å². The summed E-state index contributed by atoms with van der Waals surface area (Å²) in [5, 5.41) is 1.11. The third kappa shape index (κ3) is 0.891. The van der Waals surface area contributed by atoms with Crippen LogP contribution in [-0.4, -0.2) is 37.1 Å². The van der Waals surface area contributed by atoms with Crippen LogP contribution in [0.25, 0.3) is 0 Å². The summed E-state index contributed by atoms with van der Waals surface area (Å²) in [4.78, 5) is 21.5. The van der Waals surface area contributed by atoms with Crippen molar-refractivity contribution in [2.75, 3.05) is 14.2 Å². The third-order valence-corrected chi connectivity index (χ3v) is 1.30. The van der Waals surface area contributed by atoms with Crippen LogP contribution in [0.1, 0.15) is 0 Å². The number of nitrogens with zero attached hydrogens (tertiary/aromatic N) is 1. The maximum atomic E-state index is 10.8. The fraction of sp³-hybridized carbons (Fsp3) is 0.600. The molecule has 1 aliphatic heterocycles. The Bertz CT molecular complexity index is 180. The zero-order valence-corrected chi connectivity index (χ0v) is 5.75. The number of hydrogen-bond acceptors (Lipinski definition) is 4. The number of amides is 1. The molecule has 0 bridgehead atoms. The van der Waals surface area contributed by atoms with Gasteiger partial charge in [0.2, 0.25) is 0 Å². The molecule has 0 radical (unpaired) electrons. The molecule has 1 amide bonds. The Morgan fingerprint density at radius 2 is 2.20 bits per heavy atom. The van der Waals surface area contributed by atoms with Crippen molar-refractivity contribution in [2.45, 2.75) is 6.23 Å². The van der Waals surface area contributed by atoms with Crippen LogP contribution in [0, 0.1) is 0 Å². The van der Waals surface area contributed by atoms with E-state index in [9.17, 15) is 9.59 Å².